The Kier molecular flexibility index (Phi) is 6.07. The number of nitrogens with zero attached hydrogens (tertiary/aromatic N) is 3. The maximum absolute atomic E-state index is 12.2. The average molecular weight is 401 g/mol. The molecule has 3 aromatic rings. The molecule has 1 N–H and O–H groups in total. The molecule has 8 heteroatoms. The molecule has 1 unspecified atom stereocenters. The molecule has 3 rings (SSSR count). The first-order valence-corrected chi connectivity index (χ1v) is 8.84. The van der Waals surface area contributed by atoms with E-state index in [0.717, 1.165) is 5.56 Å². The van der Waals surface area contributed by atoms with Crippen LogP contribution in [0, 0.1) is 11.3 Å². The average Bonchev–Trinajstić information content (AvgIpc) is 3.16. The Morgan fingerprint density at radius 1 is 1.15 bits per heavy atom. The van der Waals surface area contributed by atoms with E-state index in [0.29, 0.717) is 27.4 Å². The molecule has 6 nitrogen and oxygen atoms in total. The van der Waals surface area contributed by atoms with Crippen LogP contribution in [-0.2, 0) is 11.2 Å². The van der Waals surface area contributed by atoms with E-state index in [4.69, 9.17) is 27.6 Å². The van der Waals surface area contributed by atoms with Crippen molar-refractivity contribution in [3.05, 3.63) is 70.0 Å². The van der Waals surface area contributed by atoms with Gasteiger partial charge in [-0.25, -0.2) is 0 Å². The number of amides is 1. The van der Waals surface area contributed by atoms with Crippen LogP contribution in [0.5, 0.6) is 0 Å². The van der Waals surface area contributed by atoms with Crippen LogP contribution in [0.15, 0.2) is 52.9 Å². The molecule has 0 aliphatic carbocycles. The van der Waals surface area contributed by atoms with Crippen LogP contribution in [0.25, 0.3) is 11.5 Å². The van der Waals surface area contributed by atoms with Gasteiger partial charge in [0.25, 0.3) is 0 Å². The molecule has 1 aromatic heterocycles. The molecule has 0 spiro atoms. The molecule has 27 heavy (non-hydrogen) atoms. The maximum atomic E-state index is 12.2. The second-order valence-electron chi connectivity index (χ2n) is 5.67. The number of hydrogen-bond donors (Lipinski definition) is 1. The molecular weight excluding hydrogens is 387 g/mol. The highest BCUT2D eigenvalue weighted by Crippen LogP contribution is 2.25. The third-order valence-corrected chi connectivity index (χ3v) is 4.50. The van der Waals surface area contributed by atoms with E-state index in [2.05, 4.69) is 15.5 Å². The Hall–Kier alpha value is -2.88. The van der Waals surface area contributed by atoms with Gasteiger partial charge >= 0.3 is 0 Å². The lowest BCUT2D eigenvalue weighted by atomic mass is 10.1. The number of hydrogen-bond acceptors (Lipinski definition) is 5. The van der Waals surface area contributed by atoms with Crippen LogP contribution in [0.2, 0.25) is 10.0 Å². The quantitative estimate of drug-likeness (QED) is 0.663. The fourth-order valence-electron chi connectivity index (χ4n) is 2.39. The van der Waals surface area contributed by atoms with E-state index in [9.17, 15) is 10.1 Å². The summed E-state index contributed by atoms with van der Waals surface area (Å²) in [4.78, 5) is 12.2. The first-order valence-electron chi connectivity index (χ1n) is 8.08. The molecular formula is C19H14Cl2N4O2. The number of aryl methyl sites for hydroxylation is 1. The summed E-state index contributed by atoms with van der Waals surface area (Å²) < 4.78 is 5.57. The fraction of sp³-hybridized carbons (Fsp3) is 0.158. The Morgan fingerprint density at radius 2 is 1.93 bits per heavy atom. The maximum Gasteiger partial charge on any atom is 0.247 e. The van der Waals surface area contributed by atoms with Gasteiger partial charge in [0, 0.05) is 18.4 Å². The fourth-order valence-corrected chi connectivity index (χ4v) is 2.69. The summed E-state index contributed by atoms with van der Waals surface area (Å²) in [5, 5.41) is 20.6. The number of rotatable bonds is 6. The summed E-state index contributed by atoms with van der Waals surface area (Å²) in [6.45, 7) is 0. The minimum Gasteiger partial charge on any atom is -0.421 e. The lowest BCUT2D eigenvalue weighted by Gasteiger charge is -2.12. The van der Waals surface area contributed by atoms with Crippen molar-refractivity contribution < 1.29 is 9.21 Å². The molecule has 1 atom stereocenters. The largest absolute Gasteiger partial charge is 0.421 e. The number of carbonyl (C=O) groups excluding carboxylic acids is 1. The van der Waals surface area contributed by atoms with Crippen molar-refractivity contribution in [1.82, 2.24) is 15.5 Å². The lowest BCUT2D eigenvalue weighted by Crippen LogP contribution is -2.27. The molecule has 136 valence electrons. The Bertz CT molecular complexity index is 983. The second kappa shape index (κ2) is 8.67. The number of benzene rings is 2. The number of nitriles is 1. The van der Waals surface area contributed by atoms with Crippen molar-refractivity contribution in [2.24, 2.45) is 0 Å². The SMILES string of the molecule is N#CC(NC(=O)CCc1nnc(-c2ccccc2)o1)c1ccc(Cl)c(Cl)c1. The summed E-state index contributed by atoms with van der Waals surface area (Å²) in [6, 6.07) is 15.4. The molecule has 0 fully saturated rings. The van der Waals surface area contributed by atoms with Crippen molar-refractivity contribution in [3.8, 4) is 17.5 Å². The molecule has 0 saturated heterocycles. The third kappa shape index (κ3) is 4.85. The zero-order valence-electron chi connectivity index (χ0n) is 14.0. The van der Waals surface area contributed by atoms with E-state index in [-0.39, 0.29) is 18.7 Å². The van der Waals surface area contributed by atoms with E-state index < -0.39 is 6.04 Å². The van der Waals surface area contributed by atoms with Gasteiger partial charge in [0.05, 0.1) is 16.1 Å². The molecule has 0 bridgehead atoms. The molecule has 0 radical (unpaired) electrons. The van der Waals surface area contributed by atoms with Gasteiger partial charge in [0.1, 0.15) is 6.04 Å². The van der Waals surface area contributed by atoms with Crippen LogP contribution in [0.3, 0.4) is 0 Å². The summed E-state index contributed by atoms with van der Waals surface area (Å²) in [7, 11) is 0. The number of aromatic nitrogens is 2. The highest BCUT2D eigenvalue weighted by Gasteiger charge is 2.16. The Morgan fingerprint density at radius 3 is 2.63 bits per heavy atom. The summed E-state index contributed by atoms with van der Waals surface area (Å²) in [5.41, 5.74) is 1.37. The smallest absolute Gasteiger partial charge is 0.247 e. The number of nitrogens with one attached hydrogen (secondary N) is 1. The van der Waals surface area contributed by atoms with Gasteiger partial charge in [0.15, 0.2) is 0 Å². The van der Waals surface area contributed by atoms with Crippen molar-refractivity contribution in [3.63, 3.8) is 0 Å². The summed E-state index contributed by atoms with van der Waals surface area (Å²) in [6.07, 6.45) is 0.376. The van der Waals surface area contributed by atoms with Crippen LogP contribution in [0.1, 0.15) is 23.9 Å². The Labute approximate surface area is 165 Å². The van der Waals surface area contributed by atoms with Gasteiger partial charge in [-0.15, -0.1) is 10.2 Å². The van der Waals surface area contributed by atoms with Crippen molar-refractivity contribution >= 4 is 29.1 Å². The minimum atomic E-state index is -0.824. The van der Waals surface area contributed by atoms with Gasteiger partial charge in [0.2, 0.25) is 17.7 Å². The van der Waals surface area contributed by atoms with E-state index in [1.807, 2.05) is 36.4 Å². The summed E-state index contributed by atoms with van der Waals surface area (Å²) in [5.74, 6) is 0.441. The molecule has 1 amide bonds. The van der Waals surface area contributed by atoms with Crippen LogP contribution in [0.4, 0.5) is 0 Å². The molecule has 0 aliphatic heterocycles. The zero-order chi connectivity index (χ0) is 19.2. The van der Waals surface area contributed by atoms with Gasteiger partial charge in [-0.05, 0) is 29.8 Å². The van der Waals surface area contributed by atoms with Crippen molar-refractivity contribution in [2.45, 2.75) is 18.9 Å². The van der Waals surface area contributed by atoms with Crippen molar-refractivity contribution in [2.75, 3.05) is 0 Å². The van der Waals surface area contributed by atoms with Crippen LogP contribution < -0.4 is 5.32 Å². The summed E-state index contributed by atoms with van der Waals surface area (Å²) >= 11 is 11.8. The first-order chi connectivity index (χ1) is 13.1. The standard InChI is InChI=1S/C19H14Cl2N4O2/c20-14-7-6-13(10-15(14)21)16(11-22)23-17(26)8-9-18-24-25-19(27-18)12-4-2-1-3-5-12/h1-7,10,16H,8-9H2,(H,23,26). The van der Waals surface area contributed by atoms with Crippen LogP contribution in [-0.4, -0.2) is 16.1 Å². The monoisotopic (exact) mass is 400 g/mol. The number of carbonyl (C=O) groups is 1. The lowest BCUT2D eigenvalue weighted by molar-refractivity contribution is -0.121. The van der Waals surface area contributed by atoms with Crippen LogP contribution >= 0.6 is 23.2 Å². The Balaban J connectivity index is 1.58. The molecule has 1 heterocycles. The number of halogens is 2. The van der Waals surface area contributed by atoms with Gasteiger partial charge in [-0.1, -0.05) is 47.5 Å². The normalized spacial score (nSPS) is 11.6. The topological polar surface area (TPSA) is 91.8 Å². The van der Waals surface area contributed by atoms with Gasteiger partial charge in [-0.2, -0.15) is 5.26 Å². The van der Waals surface area contributed by atoms with E-state index in [1.54, 1.807) is 18.2 Å². The highest BCUT2D eigenvalue weighted by atomic mass is 35.5. The van der Waals surface area contributed by atoms with Gasteiger partial charge in [-0.3, -0.25) is 4.79 Å². The van der Waals surface area contributed by atoms with Crippen molar-refractivity contribution in [1.29, 1.82) is 5.26 Å². The molecule has 0 saturated carbocycles. The molecule has 0 aliphatic rings. The minimum absolute atomic E-state index is 0.107. The third-order valence-electron chi connectivity index (χ3n) is 3.76. The second-order valence-corrected chi connectivity index (χ2v) is 6.48. The molecule has 2 aromatic carbocycles. The van der Waals surface area contributed by atoms with E-state index in [1.165, 1.54) is 0 Å². The van der Waals surface area contributed by atoms with E-state index >= 15 is 0 Å². The first kappa shape index (κ1) is 18.9. The zero-order valence-corrected chi connectivity index (χ0v) is 15.5. The predicted octanol–water partition coefficient (Wildman–Crippen LogP) is 4.36. The highest BCUT2D eigenvalue weighted by molar-refractivity contribution is 6.42. The van der Waals surface area contributed by atoms with Gasteiger partial charge < -0.3 is 9.73 Å². The predicted molar refractivity (Wildman–Crippen MR) is 101 cm³/mol.